The molecule has 0 fully saturated rings. The second kappa shape index (κ2) is 6.67. The zero-order valence-corrected chi connectivity index (χ0v) is 14.6. The van der Waals surface area contributed by atoms with Gasteiger partial charge in [0.25, 0.3) is 0 Å². The van der Waals surface area contributed by atoms with E-state index in [1.54, 1.807) is 0 Å². The van der Waals surface area contributed by atoms with Crippen molar-refractivity contribution in [3.8, 4) is 0 Å². The molecule has 0 unspecified atom stereocenters. The van der Waals surface area contributed by atoms with Gasteiger partial charge in [0.15, 0.2) is 0 Å². The van der Waals surface area contributed by atoms with E-state index in [9.17, 15) is 4.79 Å². The normalized spacial score (nSPS) is 16.8. The van der Waals surface area contributed by atoms with Crippen LogP contribution in [0.2, 0.25) is 0 Å². The molecule has 0 radical (unpaired) electrons. The first-order valence-electron chi connectivity index (χ1n) is 7.90. The van der Waals surface area contributed by atoms with Crippen LogP contribution in [0.25, 0.3) is 0 Å². The van der Waals surface area contributed by atoms with Gasteiger partial charge in [0.1, 0.15) is 0 Å². The molecule has 1 atom stereocenters. The van der Waals surface area contributed by atoms with Crippen LogP contribution in [0.4, 0.5) is 11.4 Å². The lowest BCUT2D eigenvalue weighted by atomic mass is 10.1. The molecule has 120 valence electrons. The Balaban J connectivity index is 1.73. The average Bonchev–Trinajstić information content (AvgIpc) is 2.50. The van der Waals surface area contributed by atoms with E-state index >= 15 is 0 Å². The van der Waals surface area contributed by atoms with Gasteiger partial charge in [-0.25, -0.2) is 0 Å². The Kier molecular flexibility index (Phi) is 4.62. The van der Waals surface area contributed by atoms with Crippen molar-refractivity contribution in [2.45, 2.75) is 30.9 Å². The monoisotopic (exact) mass is 326 g/mol. The highest BCUT2D eigenvalue weighted by Gasteiger charge is 2.23. The maximum absolute atomic E-state index is 12.5. The third-order valence-corrected chi connectivity index (χ3v) is 5.15. The molecule has 0 saturated heterocycles. The number of hydrogen-bond acceptors (Lipinski definition) is 3. The van der Waals surface area contributed by atoms with E-state index in [2.05, 4.69) is 48.3 Å². The van der Waals surface area contributed by atoms with Crippen molar-refractivity contribution in [3.63, 3.8) is 0 Å². The Morgan fingerprint density at radius 3 is 2.83 bits per heavy atom. The zero-order chi connectivity index (χ0) is 16.4. The number of rotatable bonds is 3. The van der Waals surface area contributed by atoms with Crippen molar-refractivity contribution in [2.75, 3.05) is 23.3 Å². The summed E-state index contributed by atoms with van der Waals surface area (Å²) in [4.78, 5) is 15.9. The standard InChI is InChI=1S/C19H22N2OS/c1-13-8-9-16(14(2)10-13)20-19(22)12-21-11-15(3)23-18-7-5-4-6-17(18)21/h4-10,15H,11-12H2,1-3H3,(H,20,22)/t15-/m1/s1. The number of para-hydroxylation sites is 1. The molecule has 2 aromatic carbocycles. The van der Waals surface area contributed by atoms with E-state index in [1.165, 1.54) is 10.5 Å². The highest BCUT2D eigenvalue weighted by atomic mass is 32.2. The predicted molar refractivity (Wildman–Crippen MR) is 98.5 cm³/mol. The van der Waals surface area contributed by atoms with Crippen LogP contribution in [0.5, 0.6) is 0 Å². The molecule has 0 saturated carbocycles. The molecular weight excluding hydrogens is 304 g/mol. The second-order valence-electron chi connectivity index (χ2n) is 6.14. The van der Waals surface area contributed by atoms with Crippen molar-refractivity contribution in [3.05, 3.63) is 53.6 Å². The van der Waals surface area contributed by atoms with Gasteiger partial charge in [-0.15, -0.1) is 11.8 Å². The fourth-order valence-corrected chi connectivity index (χ4v) is 4.11. The first-order chi connectivity index (χ1) is 11.0. The molecule has 4 heteroatoms. The lowest BCUT2D eigenvalue weighted by Gasteiger charge is -2.33. The van der Waals surface area contributed by atoms with E-state index in [4.69, 9.17) is 0 Å². The van der Waals surface area contributed by atoms with Gasteiger partial charge in [-0.1, -0.05) is 36.8 Å². The van der Waals surface area contributed by atoms with Crippen LogP contribution < -0.4 is 10.2 Å². The predicted octanol–water partition coefficient (Wildman–Crippen LogP) is 4.24. The smallest absolute Gasteiger partial charge is 0.243 e. The summed E-state index contributed by atoms with van der Waals surface area (Å²) >= 11 is 1.88. The molecule has 0 bridgehead atoms. The van der Waals surface area contributed by atoms with Crippen LogP contribution in [-0.2, 0) is 4.79 Å². The molecule has 2 aromatic rings. The maximum Gasteiger partial charge on any atom is 0.243 e. The quantitative estimate of drug-likeness (QED) is 0.915. The highest BCUT2D eigenvalue weighted by molar-refractivity contribution is 8.00. The molecule has 0 spiro atoms. The Morgan fingerprint density at radius 1 is 1.26 bits per heavy atom. The molecule has 1 amide bonds. The van der Waals surface area contributed by atoms with E-state index < -0.39 is 0 Å². The molecule has 1 heterocycles. The Morgan fingerprint density at radius 2 is 2.04 bits per heavy atom. The van der Waals surface area contributed by atoms with Crippen LogP contribution in [0, 0.1) is 13.8 Å². The van der Waals surface area contributed by atoms with Gasteiger partial charge in [-0.05, 0) is 37.6 Å². The van der Waals surface area contributed by atoms with Gasteiger partial charge in [-0.3, -0.25) is 4.79 Å². The molecule has 23 heavy (non-hydrogen) atoms. The fraction of sp³-hybridized carbons (Fsp3) is 0.316. The number of fused-ring (bicyclic) bond motifs is 1. The van der Waals surface area contributed by atoms with E-state index in [1.807, 2.05) is 36.9 Å². The first kappa shape index (κ1) is 15.9. The third kappa shape index (κ3) is 3.70. The van der Waals surface area contributed by atoms with Crippen LogP contribution in [0.15, 0.2) is 47.4 Å². The molecule has 3 rings (SSSR count). The largest absolute Gasteiger partial charge is 0.360 e. The number of carbonyl (C=O) groups excluding carboxylic acids is 1. The summed E-state index contributed by atoms with van der Waals surface area (Å²) < 4.78 is 0. The lowest BCUT2D eigenvalue weighted by molar-refractivity contribution is -0.115. The van der Waals surface area contributed by atoms with Crippen LogP contribution in [-0.4, -0.2) is 24.2 Å². The Hall–Kier alpha value is -1.94. The van der Waals surface area contributed by atoms with E-state index in [0.29, 0.717) is 11.8 Å². The van der Waals surface area contributed by atoms with E-state index in [-0.39, 0.29) is 5.91 Å². The summed E-state index contributed by atoms with van der Waals surface area (Å²) in [5.41, 5.74) is 4.36. The Bertz CT molecular complexity index is 729. The van der Waals surface area contributed by atoms with Gasteiger partial charge in [0, 0.05) is 22.4 Å². The minimum absolute atomic E-state index is 0.0332. The fourth-order valence-electron chi connectivity index (χ4n) is 2.95. The summed E-state index contributed by atoms with van der Waals surface area (Å²) in [6, 6.07) is 14.4. The van der Waals surface area contributed by atoms with Crippen molar-refractivity contribution in [1.29, 1.82) is 0 Å². The lowest BCUT2D eigenvalue weighted by Crippen LogP contribution is -2.39. The number of carbonyl (C=O) groups is 1. The maximum atomic E-state index is 12.5. The molecule has 1 N–H and O–H groups in total. The number of thioether (sulfide) groups is 1. The van der Waals surface area contributed by atoms with Crippen molar-refractivity contribution in [1.82, 2.24) is 0 Å². The van der Waals surface area contributed by atoms with Crippen molar-refractivity contribution in [2.24, 2.45) is 0 Å². The number of benzene rings is 2. The van der Waals surface area contributed by atoms with Crippen molar-refractivity contribution < 1.29 is 4.79 Å². The summed E-state index contributed by atoms with van der Waals surface area (Å²) in [7, 11) is 0. The Labute approximate surface area is 142 Å². The molecule has 0 aliphatic carbocycles. The molecule has 1 aliphatic rings. The van der Waals surface area contributed by atoms with Crippen LogP contribution in [0.3, 0.4) is 0 Å². The van der Waals surface area contributed by atoms with Crippen LogP contribution in [0.1, 0.15) is 18.1 Å². The average molecular weight is 326 g/mol. The zero-order valence-electron chi connectivity index (χ0n) is 13.8. The summed E-state index contributed by atoms with van der Waals surface area (Å²) in [5, 5.41) is 3.53. The summed E-state index contributed by atoms with van der Waals surface area (Å²) in [6.07, 6.45) is 0. The van der Waals surface area contributed by atoms with Crippen molar-refractivity contribution >= 4 is 29.0 Å². The number of nitrogens with one attached hydrogen (secondary N) is 1. The number of amides is 1. The summed E-state index contributed by atoms with van der Waals surface area (Å²) in [6.45, 7) is 7.56. The SMILES string of the molecule is Cc1ccc(NC(=O)CN2C[C@@H](C)Sc3ccccc32)c(C)c1. The minimum atomic E-state index is 0.0332. The van der Waals surface area contributed by atoms with E-state index in [0.717, 1.165) is 23.5 Å². The minimum Gasteiger partial charge on any atom is -0.360 e. The van der Waals surface area contributed by atoms with Gasteiger partial charge in [-0.2, -0.15) is 0 Å². The second-order valence-corrected chi connectivity index (χ2v) is 7.62. The molecular formula is C19H22N2OS. The topological polar surface area (TPSA) is 32.3 Å². The molecule has 0 aromatic heterocycles. The number of aryl methyl sites for hydroxylation is 2. The number of nitrogens with zero attached hydrogens (tertiary/aromatic N) is 1. The van der Waals surface area contributed by atoms with Gasteiger partial charge in [0.05, 0.1) is 12.2 Å². The van der Waals surface area contributed by atoms with Gasteiger partial charge >= 0.3 is 0 Å². The first-order valence-corrected chi connectivity index (χ1v) is 8.78. The molecule has 3 nitrogen and oxygen atoms in total. The summed E-state index contributed by atoms with van der Waals surface area (Å²) in [5.74, 6) is 0.0332. The molecule has 1 aliphatic heterocycles. The third-order valence-electron chi connectivity index (χ3n) is 4.00. The van der Waals surface area contributed by atoms with Gasteiger partial charge in [0.2, 0.25) is 5.91 Å². The highest BCUT2D eigenvalue weighted by Crippen LogP contribution is 2.37. The number of hydrogen-bond donors (Lipinski definition) is 1. The van der Waals surface area contributed by atoms with Gasteiger partial charge < -0.3 is 10.2 Å². The van der Waals surface area contributed by atoms with Crippen LogP contribution >= 0.6 is 11.8 Å². The number of anilines is 2.